The number of benzene rings is 1. The average Bonchev–Trinajstić information content (AvgIpc) is 2.34. The van der Waals surface area contributed by atoms with Gasteiger partial charge < -0.3 is 14.3 Å². The average molecular weight is 219 g/mol. The molecule has 1 aromatic rings. The molecule has 0 aromatic heterocycles. The van der Waals surface area contributed by atoms with E-state index in [-0.39, 0.29) is 5.97 Å². The Kier molecular flexibility index (Phi) is 4.34. The van der Waals surface area contributed by atoms with Gasteiger partial charge in [-0.3, -0.25) is 0 Å². The highest BCUT2D eigenvalue weighted by molar-refractivity contribution is 5.89. The molecule has 0 saturated carbocycles. The van der Waals surface area contributed by atoms with Crippen molar-refractivity contribution in [2.45, 2.75) is 6.42 Å². The second-order valence-corrected chi connectivity index (χ2v) is 3.15. The molecule has 0 atom stereocenters. The normalized spacial score (nSPS) is 9.31. The first kappa shape index (κ1) is 12.1. The van der Waals surface area contributed by atoms with E-state index >= 15 is 0 Å². The van der Waals surface area contributed by atoms with Gasteiger partial charge in [0.25, 0.3) is 0 Å². The molecule has 0 fully saturated rings. The Balaban J connectivity index is 3.01. The number of ether oxygens (including phenoxy) is 2. The minimum atomic E-state index is -0.383. The lowest BCUT2D eigenvalue weighted by molar-refractivity contribution is 0.0600. The fourth-order valence-corrected chi connectivity index (χ4v) is 1.40. The van der Waals surface area contributed by atoms with Crippen molar-refractivity contribution in [3.05, 3.63) is 40.7 Å². The van der Waals surface area contributed by atoms with Crippen molar-refractivity contribution in [3.8, 4) is 5.75 Å². The fourth-order valence-electron chi connectivity index (χ4n) is 1.40. The number of nitrogens with zero attached hydrogens (tertiary/aromatic N) is 1. The Morgan fingerprint density at radius 2 is 2.19 bits per heavy atom. The van der Waals surface area contributed by atoms with Crippen molar-refractivity contribution < 1.29 is 14.3 Å². The summed E-state index contributed by atoms with van der Waals surface area (Å²) in [4.78, 5) is 14.6. The van der Waals surface area contributed by atoms with E-state index < -0.39 is 0 Å². The Morgan fingerprint density at radius 3 is 2.75 bits per heavy atom. The monoisotopic (exact) mass is 219 g/mol. The summed E-state index contributed by atoms with van der Waals surface area (Å²) in [5.41, 5.74) is 1.32. The van der Waals surface area contributed by atoms with Crippen LogP contribution in [0.1, 0.15) is 15.9 Å². The van der Waals surface area contributed by atoms with E-state index in [1.807, 2.05) is 0 Å². The molecule has 4 heteroatoms. The number of carbonyl (C=O) groups is 1. The molecule has 4 nitrogen and oxygen atoms in total. The summed E-state index contributed by atoms with van der Waals surface area (Å²) in [5, 5.41) is 0. The first-order valence-corrected chi connectivity index (χ1v) is 4.81. The maximum Gasteiger partial charge on any atom is 0.337 e. The molecule has 1 aromatic carbocycles. The number of carbonyl (C=O) groups excluding carboxylic acids is 1. The van der Waals surface area contributed by atoms with Crippen LogP contribution in [-0.2, 0) is 11.2 Å². The Labute approximate surface area is 94.6 Å². The standard InChI is InChI=1S/C12H13NO3/c1-13-7-6-9-8-10(12(14)16-3)4-5-11(9)15-2/h4-5,8H,6-7H2,2-3H3. The molecule has 0 bridgehead atoms. The van der Waals surface area contributed by atoms with Crippen molar-refractivity contribution in [1.29, 1.82) is 0 Å². The molecule has 0 aliphatic heterocycles. The second-order valence-electron chi connectivity index (χ2n) is 3.15. The van der Waals surface area contributed by atoms with Gasteiger partial charge in [-0.1, -0.05) is 0 Å². The van der Waals surface area contributed by atoms with Crippen molar-refractivity contribution in [1.82, 2.24) is 0 Å². The summed E-state index contributed by atoms with van der Waals surface area (Å²) >= 11 is 0. The maximum absolute atomic E-state index is 11.3. The smallest absolute Gasteiger partial charge is 0.337 e. The Bertz CT molecular complexity index is 421. The van der Waals surface area contributed by atoms with Crippen LogP contribution in [0.5, 0.6) is 5.75 Å². The van der Waals surface area contributed by atoms with E-state index in [0.717, 1.165) is 5.56 Å². The van der Waals surface area contributed by atoms with Crippen LogP contribution in [-0.4, -0.2) is 26.7 Å². The van der Waals surface area contributed by atoms with Crippen molar-refractivity contribution >= 4 is 5.97 Å². The summed E-state index contributed by atoms with van der Waals surface area (Å²) in [7, 11) is 2.90. The van der Waals surface area contributed by atoms with E-state index in [9.17, 15) is 4.79 Å². The lowest BCUT2D eigenvalue weighted by atomic mass is 10.1. The molecule has 0 heterocycles. The van der Waals surface area contributed by atoms with Gasteiger partial charge >= 0.3 is 5.97 Å². The van der Waals surface area contributed by atoms with Gasteiger partial charge in [0.1, 0.15) is 5.75 Å². The first-order chi connectivity index (χ1) is 7.72. The highest BCUT2D eigenvalue weighted by Crippen LogP contribution is 2.20. The van der Waals surface area contributed by atoms with E-state index in [1.165, 1.54) is 7.11 Å². The third-order valence-electron chi connectivity index (χ3n) is 2.19. The molecule has 0 N–H and O–H groups in total. The Morgan fingerprint density at radius 1 is 1.44 bits per heavy atom. The van der Waals surface area contributed by atoms with E-state index in [2.05, 4.69) is 9.58 Å². The molecule has 0 unspecified atom stereocenters. The minimum Gasteiger partial charge on any atom is -0.496 e. The third kappa shape index (κ3) is 2.74. The first-order valence-electron chi connectivity index (χ1n) is 4.81. The minimum absolute atomic E-state index is 0.376. The molecule has 0 amide bonds. The largest absolute Gasteiger partial charge is 0.496 e. The summed E-state index contributed by atoms with van der Waals surface area (Å²) in [6.07, 6.45) is 0.567. The summed E-state index contributed by atoms with van der Waals surface area (Å²) in [6, 6.07) is 5.06. The van der Waals surface area contributed by atoms with Crippen molar-refractivity contribution in [3.63, 3.8) is 0 Å². The molecular weight excluding hydrogens is 206 g/mol. The van der Waals surface area contributed by atoms with Crippen LogP contribution < -0.4 is 4.74 Å². The molecule has 0 aliphatic rings. The zero-order valence-corrected chi connectivity index (χ0v) is 9.32. The van der Waals surface area contributed by atoms with Crippen LogP contribution >= 0.6 is 0 Å². The quantitative estimate of drug-likeness (QED) is 0.574. The molecule has 84 valence electrons. The zero-order valence-electron chi connectivity index (χ0n) is 9.32. The van der Waals surface area contributed by atoms with E-state index in [1.54, 1.807) is 25.3 Å². The van der Waals surface area contributed by atoms with Gasteiger partial charge in [0.05, 0.1) is 19.8 Å². The number of rotatable bonds is 4. The topological polar surface area (TPSA) is 39.9 Å². The van der Waals surface area contributed by atoms with Gasteiger partial charge in [-0.2, -0.15) is 0 Å². The van der Waals surface area contributed by atoms with Crippen molar-refractivity contribution in [2.24, 2.45) is 0 Å². The maximum atomic E-state index is 11.3. The van der Waals surface area contributed by atoms with Crippen LogP contribution in [0.15, 0.2) is 18.2 Å². The van der Waals surface area contributed by atoms with E-state index in [0.29, 0.717) is 24.3 Å². The molecule has 0 saturated heterocycles. The summed E-state index contributed by atoms with van der Waals surface area (Å²) in [6.45, 7) is 7.12. The van der Waals surface area contributed by atoms with Crippen LogP contribution in [0, 0.1) is 6.57 Å². The number of hydrogen-bond donors (Lipinski definition) is 0. The molecular formula is C12H13NO3. The Hall–Kier alpha value is -2.02. The highest BCUT2D eigenvalue weighted by Gasteiger charge is 2.10. The second kappa shape index (κ2) is 5.76. The molecule has 0 aliphatic carbocycles. The third-order valence-corrected chi connectivity index (χ3v) is 2.19. The molecule has 1 rings (SSSR count). The summed E-state index contributed by atoms with van der Waals surface area (Å²) in [5.74, 6) is 0.308. The van der Waals surface area contributed by atoms with E-state index in [4.69, 9.17) is 11.3 Å². The predicted molar refractivity (Wildman–Crippen MR) is 59.5 cm³/mol. The van der Waals surface area contributed by atoms with Gasteiger partial charge in [0, 0.05) is 12.0 Å². The van der Waals surface area contributed by atoms with Gasteiger partial charge in [-0.25, -0.2) is 11.4 Å². The van der Waals surface area contributed by atoms with Crippen LogP contribution in [0.2, 0.25) is 0 Å². The lowest BCUT2D eigenvalue weighted by Gasteiger charge is -2.07. The molecule has 0 spiro atoms. The van der Waals surface area contributed by atoms with Gasteiger partial charge in [0.15, 0.2) is 0 Å². The zero-order chi connectivity index (χ0) is 12.0. The number of esters is 1. The van der Waals surface area contributed by atoms with Crippen molar-refractivity contribution in [2.75, 3.05) is 20.8 Å². The van der Waals surface area contributed by atoms with Crippen LogP contribution in [0.3, 0.4) is 0 Å². The van der Waals surface area contributed by atoms with Gasteiger partial charge in [0.2, 0.25) is 6.54 Å². The van der Waals surface area contributed by atoms with Crippen LogP contribution in [0.4, 0.5) is 0 Å². The number of hydrogen-bond acceptors (Lipinski definition) is 3. The lowest BCUT2D eigenvalue weighted by Crippen LogP contribution is -2.03. The van der Waals surface area contributed by atoms with Gasteiger partial charge in [-0.05, 0) is 18.2 Å². The SMILES string of the molecule is [C-]#[N+]CCc1cc(C(=O)OC)ccc1OC. The van der Waals surface area contributed by atoms with Gasteiger partial charge in [-0.15, -0.1) is 0 Å². The number of methoxy groups -OCH3 is 2. The molecule has 0 radical (unpaired) electrons. The highest BCUT2D eigenvalue weighted by atomic mass is 16.5. The predicted octanol–water partition coefficient (Wildman–Crippen LogP) is 1.94. The fraction of sp³-hybridized carbons (Fsp3) is 0.333. The molecule has 16 heavy (non-hydrogen) atoms. The van der Waals surface area contributed by atoms with Crippen LogP contribution in [0.25, 0.3) is 4.85 Å². The summed E-state index contributed by atoms with van der Waals surface area (Å²) < 4.78 is 9.78.